The topological polar surface area (TPSA) is 118 Å². The zero-order chi connectivity index (χ0) is 19.2. The Morgan fingerprint density at radius 1 is 1.15 bits per heavy atom. The van der Waals surface area contributed by atoms with Crippen LogP contribution < -0.4 is 4.74 Å². The van der Waals surface area contributed by atoms with Crippen molar-refractivity contribution < 1.29 is 23.6 Å². The van der Waals surface area contributed by atoms with Gasteiger partial charge in [-0.3, -0.25) is 10.1 Å². The first-order valence-corrected chi connectivity index (χ1v) is 8.01. The van der Waals surface area contributed by atoms with Crippen molar-refractivity contribution in [3.8, 4) is 17.2 Å². The molecule has 3 rings (SSSR count). The molecule has 0 aliphatic heterocycles. The van der Waals surface area contributed by atoms with Gasteiger partial charge in [-0.2, -0.15) is 0 Å². The summed E-state index contributed by atoms with van der Waals surface area (Å²) in [6, 6.07) is 12.5. The summed E-state index contributed by atoms with van der Waals surface area (Å²) in [7, 11) is 0. The van der Waals surface area contributed by atoms with E-state index >= 15 is 0 Å². The maximum atomic E-state index is 11.8. The molecule has 2 aromatic carbocycles. The number of aromatic nitrogens is 2. The van der Waals surface area contributed by atoms with Gasteiger partial charge in [0, 0.05) is 16.7 Å². The Hall–Kier alpha value is -3.46. The molecule has 0 radical (unpaired) electrons. The Morgan fingerprint density at radius 2 is 1.89 bits per heavy atom. The molecular formula is C17H12ClN3O6. The number of hydrogen-bond donors (Lipinski definition) is 0. The van der Waals surface area contributed by atoms with Crippen molar-refractivity contribution in [1.82, 2.24) is 10.2 Å². The van der Waals surface area contributed by atoms with Gasteiger partial charge in [-0.25, -0.2) is 4.79 Å². The number of nitro groups is 1. The lowest BCUT2D eigenvalue weighted by Gasteiger charge is -2.06. The predicted molar refractivity (Wildman–Crippen MR) is 93.1 cm³/mol. The van der Waals surface area contributed by atoms with E-state index in [9.17, 15) is 14.9 Å². The smallest absolute Gasteiger partial charge is 0.344 e. The third-order valence-corrected chi connectivity index (χ3v) is 3.57. The van der Waals surface area contributed by atoms with Crippen LogP contribution in [0.3, 0.4) is 0 Å². The summed E-state index contributed by atoms with van der Waals surface area (Å²) in [5.74, 6) is -0.408. The van der Waals surface area contributed by atoms with E-state index < -0.39 is 17.5 Å². The second-order valence-corrected chi connectivity index (χ2v) is 5.62. The highest BCUT2D eigenvalue weighted by Crippen LogP contribution is 2.25. The molecule has 0 saturated carbocycles. The second-order valence-electron chi connectivity index (χ2n) is 5.18. The van der Waals surface area contributed by atoms with Gasteiger partial charge in [0.2, 0.25) is 5.89 Å². The number of para-hydroxylation sites is 2. The highest BCUT2D eigenvalue weighted by atomic mass is 35.5. The van der Waals surface area contributed by atoms with Crippen LogP contribution in [0.15, 0.2) is 52.9 Å². The lowest BCUT2D eigenvalue weighted by Crippen LogP contribution is -2.15. The summed E-state index contributed by atoms with van der Waals surface area (Å²) in [5, 5.41) is 19.1. The molecule has 0 fully saturated rings. The van der Waals surface area contributed by atoms with E-state index in [0.29, 0.717) is 10.6 Å². The first-order valence-electron chi connectivity index (χ1n) is 7.63. The van der Waals surface area contributed by atoms with Crippen molar-refractivity contribution >= 4 is 23.3 Å². The molecule has 0 unspecified atom stereocenters. The number of nitro benzene ring substituents is 1. The maximum Gasteiger partial charge on any atom is 0.344 e. The van der Waals surface area contributed by atoms with Crippen LogP contribution in [0.4, 0.5) is 5.69 Å². The average molecular weight is 390 g/mol. The highest BCUT2D eigenvalue weighted by molar-refractivity contribution is 6.30. The van der Waals surface area contributed by atoms with Crippen LogP contribution in [-0.2, 0) is 16.1 Å². The van der Waals surface area contributed by atoms with Crippen LogP contribution in [0.2, 0.25) is 5.02 Å². The Bertz CT molecular complexity index is 957. The van der Waals surface area contributed by atoms with Crippen molar-refractivity contribution in [2.45, 2.75) is 6.61 Å². The zero-order valence-corrected chi connectivity index (χ0v) is 14.5. The molecule has 0 amide bonds. The minimum Gasteiger partial charge on any atom is -0.475 e. The Morgan fingerprint density at radius 3 is 2.63 bits per heavy atom. The molecule has 9 nitrogen and oxygen atoms in total. The first-order chi connectivity index (χ1) is 13.0. The number of ether oxygens (including phenoxy) is 2. The van der Waals surface area contributed by atoms with Crippen molar-refractivity contribution in [3.63, 3.8) is 0 Å². The van der Waals surface area contributed by atoms with Gasteiger partial charge in [0.05, 0.1) is 4.92 Å². The van der Waals surface area contributed by atoms with Gasteiger partial charge in [0.25, 0.3) is 5.89 Å². The molecule has 1 aromatic heterocycles. The van der Waals surface area contributed by atoms with Crippen LogP contribution in [-0.4, -0.2) is 27.7 Å². The third kappa shape index (κ3) is 4.79. The molecule has 1 heterocycles. The summed E-state index contributed by atoms with van der Waals surface area (Å²) in [6.07, 6.45) is 0. The number of esters is 1. The molecule has 0 bridgehead atoms. The lowest BCUT2D eigenvalue weighted by atomic mass is 10.2. The largest absolute Gasteiger partial charge is 0.475 e. The van der Waals surface area contributed by atoms with Gasteiger partial charge >= 0.3 is 11.7 Å². The average Bonchev–Trinajstić information content (AvgIpc) is 3.14. The monoisotopic (exact) mass is 389 g/mol. The zero-order valence-electron chi connectivity index (χ0n) is 13.7. The molecule has 27 heavy (non-hydrogen) atoms. The molecule has 3 aromatic rings. The van der Waals surface area contributed by atoms with E-state index in [1.165, 1.54) is 18.2 Å². The van der Waals surface area contributed by atoms with Gasteiger partial charge in [-0.05, 0) is 30.3 Å². The van der Waals surface area contributed by atoms with Crippen LogP contribution >= 0.6 is 11.6 Å². The Kier molecular flexibility index (Phi) is 5.62. The fourth-order valence-electron chi connectivity index (χ4n) is 2.07. The number of hydrogen-bond acceptors (Lipinski definition) is 8. The molecular weight excluding hydrogens is 378 g/mol. The summed E-state index contributed by atoms with van der Waals surface area (Å²) >= 11 is 5.82. The quantitative estimate of drug-likeness (QED) is 0.342. The number of carbonyl (C=O) groups excluding carboxylic acids is 1. The van der Waals surface area contributed by atoms with Crippen molar-refractivity contribution in [3.05, 3.63) is 69.6 Å². The maximum absolute atomic E-state index is 11.8. The number of rotatable bonds is 7. The van der Waals surface area contributed by atoms with Crippen LogP contribution in [0.25, 0.3) is 11.5 Å². The lowest BCUT2D eigenvalue weighted by molar-refractivity contribution is -0.385. The van der Waals surface area contributed by atoms with Crippen LogP contribution in [0.1, 0.15) is 5.89 Å². The fraction of sp³-hybridized carbons (Fsp3) is 0.118. The first kappa shape index (κ1) is 18.3. The minimum atomic E-state index is -0.737. The SMILES string of the molecule is O=C(COc1ccccc1[N+](=O)[O-])OCc1nnc(-c2ccc(Cl)cc2)o1. The molecule has 0 aliphatic carbocycles. The molecule has 0 N–H and O–H groups in total. The summed E-state index contributed by atoms with van der Waals surface area (Å²) < 4.78 is 15.5. The van der Waals surface area contributed by atoms with Gasteiger partial charge in [0.1, 0.15) is 0 Å². The number of carbonyl (C=O) groups is 1. The highest BCUT2D eigenvalue weighted by Gasteiger charge is 2.16. The number of nitrogens with zero attached hydrogens (tertiary/aromatic N) is 3. The predicted octanol–water partition coefficient (Wildman–Crippen LogP) is 3.42. The van der Waals surface area contributed by atoms with E-state index in [1.807, 2.05) is 0 Å². The standard InChI is InChI=1S/C17H12ClN3O6/c18-12-7-5-11(6-8-12)17-20-19-15(27-17)9-26-16(22)10-25-14-4-2-1-3-13(14)21(23)24/h1-8H,9-10H2. The summed E-state index contributed by atoms with van der Waals surface area (Å²) in [6.45, 7) is -0.747. The van der Waals surface area contributed by atoms with E-state index in [0.717, 1.165) is 0 Å². The molecule has 0 aliphatic rings. The molecule has 0 spiro atoms. The summed E-state index contributed by atoms with van der Waals surface area (Å²) in [5.41, 5.74) is 0.430. The van der Waals surface area contributed by atoms with Gasteiger partial charge < -0.3 is 13.9 Å². The third-order valence-electron chi connectivity index (χ3n) is 3.32. The van der Waals surface area contributed by atoms with Crippen molar-refractivity contribution in [2.24, 2.45) is 0 Å². The van der Waals surface area contributed by atoms with E-state index in [1.54, 1.807) is 30.3 Å². The minimum absolute atomic E-state index is 0.0257. The molecule has 0 atom stereocenters. The second kappa shape index (κ2) is 8.28. The Labute approximate surface area is 157 Å². The molecule has 0 saturated heterocycles. The van der Waals surface area contributed by atoms with Gasteiger partial charge in [-0.1, -0.05) is 23.7 Å². The van der Waals surface area contributed by atoms with Gasteiger partial charge in [0.15, 0.2) is 19.0 Å². The van der Waals surface area contributed by atoms with Crippen LogP contribution in [0.5, 0.6) is 5.75 Å². The van der Waals surface area contributed by atoms with Gasteiger partial charge in [-0.15, -0.1) is 10.2 Å². The van der Waals surface area contributed by atoms with Crippen molar-refractivity contribution in [1.29, 1.82) is 0 Å². The fourth-order valence-corrected chi connectivity index (χ4v) is 2.20. The molecule has 10 heteroatoms. The molecule has 138 valence electrons. The Balaban J connectivity index is 1.53. The van der Waals surface area contributed by atoms with E-state index in [2.05, 4.69) is 10.2 Å². The normalized spacial score (nSPS) is 10.4. The summed E-state index contributed by atoms with van der Waals surface area (Å²) in [4.78, 5) is 22.1. The van der Waals surface area contributed by atoms with E-state index in [-0.39, 0.29) is 29.8 Å². The number of benzene rings is 2. The number of halogens is 1. The van der Waals surface area contributed by atoms with Crippen LogP contribution in [0, 0.1) is 10.1 Å². The van der Waals surface area contributed by atoms with Crippen molar-refractivity contribution in [2.75, 3.05) is 6.61 Å². The van der Waals surface area contributed by atoms with E-state index in [4.69, 9.17) is 25.5 Å².